The number of carbonyl (C=O) groups excluding carboxylic acids is 1. The molecule has 2 aromatic rings. The highest BCUT2D eigenvalue weighted by molar-refractivity contribution is 5.93. The molecule has 1 aliphatic heterocycles. The number of carbonyl (C=O) groups is 2. The van der Waals surface area contributed by atoms with Crippen LogP contribution in [0.25, 0.3) is 0 Å². The van der Waals surface area contributed by atoms with Crippen molar-refractivity contribution in [2.24, 2.45) is 0 Å². The van der Waals surface area contributed by atoms with Gasteiger partial charge in [-0.05, 0) is 37.0 Å². The molecule has 0 radical (unpaired) electrons. The second kappa shape index (κ2) is 5.78. The van der Waals surface area contributed by atoms with Crippen LogP contribution in [0.3, 0.4) is 0 Å². The van der Waals surface area contributed by atoms with Crippen molar-refractivity contribution in [2.45, 2.75) is 31.1 Å². The molecule has 2 heterocycles. The number of H-pyrrole nitrogens is 1. The number of rotatable bonds is 4. The zero-order valence-corrected chi connectivity index (χ0v) is 13.2. The van der Waals surface area contributed by atoms with Gasteiger partial charge in [0.25, 0.3) is 5.91 Å². The normalized spacial score (nSPS) is 20.3. The zero-order chi connectivity index (χ0) is 16.7. The van der Waals surface area contributed by atoms with Gasteiger partial charge < -0.3 is 10.0 Å². The molecule has 0 unspecified atom stereocenters. The predicted molar refractivity (Wildman–Crippen MR) is 87.2 cm³/mol. The number of nitrogens with one attached hydrogen (secondary N) is 1. The van der Waals surface area contributed by atoms with Gasteiger partial charge in [-0.2, -0.15) is 5.10 Å². The molecule has 1 aromatic carbocycles. The second-order valence-corrected chi connectivity index (χ2v) is 6.61. The van der Waals surface area contributed by atoms with E-state index in [1.54, 1.807) is 17.0 Å². The number of amides is 1. The van der Waals surface area contributed by atoms with Crippen LogP contribution in [0.2, 0.25) is 0 Å². The molecule has 4 rings (SSSR count). The number of likely N-dealkylation sites (tertiary alicyclic amines) is 1. The van der Waals surface area contributed by atoms with E-state index in [1.165, 1.54) is 0 Å². The molecule has 1 atom stereocenters. The third kappa shape index (κ3) is 2.68. The van der Waals surface area contributed by atoms with Gasteiger partial charge in [0.2, 0.25) is 0 Å². The van der Waals surface area contributed by atoms with Crippen molar-refractivity contribution >= 4 is 11.9 Å². The summed E-state index contributed by atoms with van der Waals surface area (Å²) in [6, 6.07) is 8.91. The van der Waals surface area contributed by atoms with Crippen LogP contribution < -0.4 is 0 Å². The van der Waals surface area contributed by atoms with Crippen LogP contribution in [0.15, 0.2) is 30.3 Å². The van der Waals surface area contributed by atoms with Crippen molar-refractivity contribution in [1.82, 2.24) is 15.1 Å². The van der Waals surface area contributed by atoms with E-state index in [0.717, 1.165) is 30.5 Å². The van der Waals surface area contributed by atoms with Crippen LogP contribution >= 0.6 is 0 Å². The SMILES string of the molecule is O=C(O)c1ccccc1[C@@H]1CCN(C(=O)c2cc(C3CC3)[nH]n2)C1. The first-order chi connectivity index (χ1) is 11.6. The number of carboxylic acids is 1. The summed E-state index contributed by atoms with van der Waals surface area (Å²) in [6.45, 7) is 1.16. The average Bonchev–Trinajstić information content (AvgIpc) is 3.13. The van der Waals surface area contributed by atoms with Crippen molar-refractivity contribution in [1.29, 1.82) is 0 Å². The van der Waals surface area contributed by atoms with Crippen LogP contribution in [0.5, 0.6) is 0 Å². The predicted octanol–water partition coefficient (Wildman–Crippen LogP) is 2.62. The topological polar surface area (TPSA) is 86.3 Å². The maximum atomic E-state index is 12.6. The largest absolute Gasteiger partial charge is 0.478 e. The molecule has 1 saturated heterocycles. The van der Waals surface area contributed by atoms with Crippen LogP contribution in [-0.2, 0) is 0 Å². The fraction of sp³-hybridized carbons (Fsp3) is 0.389. The Morgan fingerprint density at radius 2 is 1.96 bits per heavy atom. The Labute approximate surface area is 139 Å². The highest BCUT2D eigenvalue weighted by atomic mass is 16.4. The number of aromatic carboxylic acids is 1. The van der Waals surface area contributed by atoms with E-state index in [4.69, 9.17) is 0 Å². The van der Waals surface area contributed by atoms with Gasteiger partial charge in [-0.15, -0.1) is 0 Å². The summed E-state index contributed by atoms with van der Waals surface area (Å²) in [7, 11) is 0. The van der Waals surface area contributed by atoms with Crippen molar-refractivity contribution in [3.8, 4) is 0 Å². The molecule has 0 bridgehead atoms. The number of hydrogen-bond acceptors (Lipinski definition) is 3. The summed E-state index contributed by atoms with van der Waals surface area (Å²) >= 11 is 0. The van der Waals surface area contributed by atoms with Crippen LogP contribution in [0, 0.1) is 0 Å². The monoisotopic (exact) mass is 325 g/mol. The van der Waals surface area contributed by atoms with E-state index in [-0.39, 0.29) is 11.8 Å². The van der Waals surface area contributed by atoms with E-state index in [1.807, 2.05) is 18.2 Å². The quantitative estimate of drug-likeness (QED) is 0.905. The number of hydrogen-bond donors (Lipinski definition) is 2. The Morgan fingerprint density at radius 1 is 1.17 bits per heavy atom. The molecule has 6 heteroatoms. The molecular formula is C18H19N3O3. The second-order valence-electron chi connectivity index (χ2n) is 6.61. The zero-order valence-electron chi connectivity index (χ0n) is 13.2. The first-order valence-corrected chi connectivity index (χ1v) is 8.30. The Morgan fingerprint density at radius 3 is 2.71 bits per heavy atom. The van der Waals surface area contributed by atoms with Gasteiger partial charge in [-0.25, -0.2) is 4.79 Å². The van der Waals surface area contributed by atoms with Crippen molar-refractivity contribution in [3.05, 3.63) is 52.8 Å². The van der Waals surface area contributed by atoms with Gasteiger partial charge >= 0.3 is 5.97 Å². The summed E-state index contributed by atoms with van der Waals surface area (Å²) < 4.78 is 0. The average molecular weight is 325 g/mol. The van der Waals surface area contributed by atoms with Crippen molar-refractivity contribution in [2.75, 3.05) is 13.1 Å². The summed E-state index contributed by atoms with van der Waals surface area (Å²) in [4.78, 5) is 25.8. The lowest BCUT2D eigenvalue weighted by Gasteiger charge is -2.16. The minimum Gasteiger partial charge on any atom is -0.478 e. The first kappa shape index (κ1) is 14.9. The van der Waals surface area contributed by atoms with Gasteiger partial charge in [-0.3, -0.25) is 9.89 Å². The minimum atomic E-state index is -0.920. The highest BCUT2D eigenvalue weighted by Gasteiger charge is 2.32. The molecule has 1 amide bonds. The Bertz CT molecular complexity index is 794. The maximum Gasteiger partial charge on any atom is 0.335 e. The van der Waals surface area contributed by atoms with Gasteiger partial charge in [-0.1, -0.05) is 18.2 Å². The van der Waals surface area contributed by atoms with Crippen LogP contribution in [0.1, 0.15) is 63.2 Å². The van der Waals surface area contributed by atoms with E-state index in [2.05, 4.69) is 10.2 Å². The summed E-state index contributed by atoms with van der Waals surface area (Å²) in [5.41, 5.74) is 2.64. The van der Waals surface area contributed by atoms with Crippen LogP contribution in [0.4, 0.5) is 0 Å². The van der Waals surface area contributed by atoms with E-state index < -0.39 is 5.97 Å². The Balaban J connectivity index is 1.49. The van der Waals surface area contributed by atoms with E-state index in [0.29, 0.717) is 30.3 Å². The number of carboxylic acid groups (broad SMARTS) is 1. The molecule has 1 aliphatic carbocycles. The standard InChI is InChI=1S/C18H19N3O3/c22-17(16-9-15(19-20-16)11-5-6-11)21-8-7-12(10-21)13-3-1-2-4-14(13)18(23)24/h1-4,9,11-12H,5-8,10H2,(H,19,20)(H,23,24)/t12-/m1/s1. The molecule has 1 saturated carbocycles. The maximum absolute atomic E-state index is 12.6. The third-order valence-electron chi connectivity index (χ3n) is 4.94. The molecule has 2 fully saturated rings. The Hall–Kier alpha value is -2.63. The molecule has 0 spiro atoms. The van der Waals surface area contributed by atoms with E-state index >= 15 is 0 Å². The lowest BCUT2D eigenvalue weighted by molar-refractivity contribution is 0.0695. The van der Waals surface area contributed by atoms with Crippen molar-refractivity contribution in [3.63, 3.8) is 0 Å². The van der Waals surface area contributed by atoms with Gasteiger partial charge in [0.15, 0.2) is 0 Å². The highest BCUT2D eigenvalue weighted by Crippen LogP contribution is 2.39. The summed E-state index contributed by atoms with van der Waals surface area (Å²) in [5, 5.41) is 16.5. The lowest BCUT2D eigenvalue weighted by atomic mass is 9.93. The van der Waals surface area contributed by atoms with Crippen molar-refractivity contribution < 1.29 is 14.7 Å². The van der Waals surface area contributed by atoms with E-state index in [9.17, 15) is 14.7 Å². The smallest absolute Gasteiger partial charge is 0.335 e. The van der Waals surface area contributed by atoms with Crippen LogP contribution in [-0.4, -0.2) is 45.2 Å². The molecule has 24 heavy (non-hydrogen) atoms. The lowest BCUT2D eigenvalue weighted by Crippen LogP contribution is -2.28. The molecule has 124 valence electrons. The minimum absolute atomic E-state index is 0.0584. The molecular weight excluding hydrogens is 306 g/mol. The summed E-state index contributed by atoms with van der Waals surface area (Å²) in [6.07, 6.45) is 3.09. The number of benzene rings is 1. The fourth-order valence-corrected chi connectivity index (χ4v) is 3.46. The third-order valence-corrected chi connectivity index (χ3v) is 4.94. The molecule has 2 N–H and O–H groups in total. The first-order valence-electron chi connectivity index (χ1n) is 8.30. The number of nitrogens with zero attached hydrogens (tertiary/aromatic N) is 2. The molecule has 6 nitrogen and oxygen atoms in total. The number of aromatic amines is 1. The van der Waals surface area contributed by atoms with Gasteiger partial charge in [0, 0.05) is 30.6 Å². The molecule has 2 aliphatic rings. The fourth-order valence-electron chi connectivity index (χ4n) is 3.46. The van der Waals surface area contributed by atoms with Gasteiger partial charge in [0.05, 0.1) is 5.56 Å². The van der Waals surface area contributed by atoms with Gasteiger partial charge in [0.1, 0.15) is 5.69 Å². The summed E-state index contributed by atoms with van der Waals surface area (Å²) in [5.74, 6) is -0.402. The number of aromatic nitrogens is 2. The Kier molecular flexibility index (Phi) is 3.59. The molecule has 1 aromatic heterocycles.